The first-order chi connectivity index (χ1) is 8.10. The summed E-state index contributed by atoms with van der Waals surface area (Å²) in [7, 11) is 0. The van der Waals surface area contributed by atoms with Crippen LogP contribution in [0.3, 0.4) is 0 Å². The van der Waals surface area contributed by atoms with Crippen LogP contribution in [0.4, 0.5) is 0 Å². The highest BCUT2D eigenvalue weighted by molar-refractivity contribution is 5.69. The maximum absolute atomic E-state index is 11.5. The molecule has 0 aliphatic heterocycles. The lowest BCUT2D eigenvalue weighted by atomic mass is 9.94. The van der Waals surface area contributed by atoms with E-state index in [1.807, 2.05) is 0 Å². The number of esters is 1. The van der Waals surface area contributed by atoms with Crippen LogP contribution in [0.2, 0.25) is 0 Å². The van der Waals surface area contributed by atoms with Crippen molar-refractivity contribution in [3.8, 4) is 0 Å². The number of hydrogen-bond donors (Lipinski definition) is 1. The van der Waals surface area contributed by atoms with Crippen LogP contribution in [0, 0.1) is 11.8 Å². The summed E-state index contributed by atoms with van der Waals surface area (Å²) in [4.78, 5) is 11.5. The van der Waals surface area contributed by atoms with Crippen molar-refractivity contribution < 1.29 is 9.53 Å². The molecule has 3 nitrogen and oxygen atoms in total. The lowest BCUT2D eigenvalue weighted by molar-refractivity contribution is -0.144. The van der Waals surface area contributed by atoms with Gasteiger partial charge in [0.2, 0.25) is 0 Å². The van der Waals surface area contributed by atoms with Gasteiger partial charge in [-0.25, -0.2) is 0 Å². The number of nitrogens with two attached hydrogens (primary N) is 1. The van der Waals surface area contributed by atoms with Crippen molar-refractivity contribution in [1.29, 1.82) is 0 Å². The number of hydrogen-bond acceptors (Lipinski definition) is 3. The van der Waals surface area contributed by atoms with Crippen molar-refractivity contribution in [2.45, 2.75) is 59.3 Å². The molecule has 0 aliphatic carbocycles. The third-order valence-electron chi connectivity index (χ3n) is 2.85. The zero-order valence-corrected chi connectivity index (χ0v) is 11.7. The summed E-state index contributed by atoms with van der Waals surface area (Å²) in [5.41, 5.74) is 5.66. The van der Waals surface area contributed by atoms with Crippen LogP contribution in [0.5, 0.6) is 0 Å². The molecule has 0 rings (SSSR count). The van der Waals surface area contributed by atoms with E-state index in [-0.39, 0.29) is 11.9 Å². The Morgan fingerprint density at radius 3 is 2.47 bits per heavy atom. The first kappa shape index (κ1) is 16.4. The molecule has 0 aromatic carbocycles. The van der Waals surface area contributed by atoms with E-state index in [4.69, 9.17) is 10.5 Å². The minimum atomic E-state index is -0.0856. The summed E-state index contributed by atoms with van der Waals surface area (Å²) in [5, 5.41) is 0. The average Bonchev–Trinajstić information content (AvgIpc) is 2.27. The SMILES string of the molecule is CCCCCCOC(=O)C[C@@H](CN)CC(C)C. The Labute approximate surface area is 106 Å². The fraction of sp³-hybridized carbons (Fsp3) is 0.929. The molecule has 17 heavy (non-hydrogen) atoms. The monoisotopic (exact) mass is 243 g/mol. The van der Waals surface area contributed by atoms with Crippen molar-refractivity contribution in [2.75, 3.05) is 13.2 Å². The second-order valence-electron chi connectivity index (χ2n) is 5.22. The van der Waals surface area contributed by atoms with Gasteiger partial charge in [-0.05, 0) is 31.2 Å². The zero-order chi connectivity index (χ0) is 13.1. The maximum atomic E-state index is 11.5. The molecule has 0 aliphatic rings. The van der Waals surface area contributed by atoms with Gasteiger partial charge in [0.15, 0.2) is 0 Å². The standard InChI is InChI=1S/C14H29NO2/c1-4-5-6-7-8-17-14(16)10-13(11-15)9-12(2)3/h12-13H,4-11,15H2,1-3H3/t13-/m0/s1. The van der Waals surface area contributed by atoms with Crippen LogP contribution < -0.4 is 5.73 Å². The minimum Gasteiger partial charge on any atom is -0.466 e. The molecule has 0 heterocycles. The van der Waals surface area contributed by atoms with E-state index < -0.39 is 0 Å². The van der Waals surface area contributed by atoms with Crippen LogP contribution in [0.25, 0.3) is 0 Å². The molecule has 0 radical (unpaired) electrons. The molecule has 0 aromatic rings. The van der Waals surface area contributed by atoms with Crippen molar-refractivity contribution in [3.05, 3.63) is 0 Å². The molecular weight excluding hydrogens is 214 g/mol. The number of unbranched alkanes of at least 4 members (excludes halogenated alkanes) is 3. The molecule has 0 saturated heterocycles. The lowest BCUT2D eigenvalue weighted by Crippen LogP contribution is -2.21. The van der Waals surface area contributed by atoms with Gasteiger partial charge in [-0.2, -0.15) is 0 Å². The van der Waals surface area contributed by atoms with E-state index in [0.717, 1.165) is 19.3 Å². The van der Waals surface area contributed by atoms with Gasteiger partial charge in [0.25, 0.3) is 0 Å². The average molecular weight is 243 g/mol. The first-order valence-corrected chi connectivity index (χ1v) is 6.95. The summed E-state index contributed by atoms with van der Waals surface area (Å²) in [6.07, 6.45) is 6.03. The summed E-state index contributed by atoms with van der Waals surface area (Å²) in [6, 6.07) is 0. The second kappa shape index (κ2) is 10.6. The maximum Gasteiger partial charge on any atom is 0.306 e. The van der Waals surface area contributed by atoms with Crippen LogP contribution in [0.1, 0.15) is 59.3 Å². The van der Waals surface area contributed by atoms with Gasteiger partial charge in [0.1, 0.15) is 0 Å². The molecule has 0 spiro atoms. The summed E-state index contributed by atoms with van der Waals surface area (Å²) >= 11 is 0. The van der Waals surface area contributed by atoms with Gasteiger partial charge < -0.3 is 10.5 Å². The quantitative estimate of drug-likeness (QED) is 0.474. The molecule has 2 N–H and O–H groups in total. The van der Waals surface area contributed by atoms with E-state index in [1.165, 1.54) is 12.8 Å². The predicted molar refractivity (Wildman–Crippen MR) is 71.7 cm³/mol. The fourth-order valence-electron chi connectivity index (χ4n) is 1.94. The van der Waals surface area contributed by atoms with E-state index in [9.17, 15) is 4.79 Å². The molecule has 102 valence electrons. The Bertz CT molecular complexity index is 193. The van der Waals surface area contributed by atoms with Crippen molar-refractivity contribution in [2.24, 2.45) is 17.6 Å². The highest BCUT2D eigenvalue weighted by atomic mass is 16.5. The summed E-state index contributed by atoms with van der Waals surface area (Å²) < 4.78 is 5.21. The molecule has 0 unspecified atom stereocenters. The number of carbonyl (C=O) groups excluding carboxylic acids is 1. The van der Waals surface area contributed by atoms with Gasteiger partial charge in [-0.3, -0.25) is 4.79 Å². The normalized spacial score (nSPS) is 12.8. The van der Waals surface area contributed by atoms with Gasteiger partial charge >= 0.3 is 5.97 Å². The van der Waals surface area contributed by atoms with E-state index in [2.05, 4.69) is 20.8 Å². The van der Waals surface area contributed by atoms with Crippen LogP contribution in [0.15, 0.2) is 0 Å². The first-order valence-electron chi connectivity index (χ1n) is 6.95. The molecule has 3 heteroatoms. The Kier molecular flexibility index (Phi) is 10.2. The van der Waals surface area contributed by atoms with Crippen molar-refractivity contribution >= 4 is 5.97 Å². The highest BCUT2D eigenvalue weighted by Crippen LogP contribution is 2.14. The largest absolute Gasteiger partial charge is 0.466 e. The predicted octanol–water partition coefficient (Wildman–Crippen LogP) is 3.12. The van der Waals surface area contributed by atoms with Crippen molar-refractivity contribution in [3.63, 3.8) is 0 Å². The Hall–Kier alpha value is -0.570. The Morgan fingerprint density at radius 2 is 1.94 bits per heavy atom. The minimum absolute atomic E-state index is 0.0856. The molecule has 0 saturated carbocycles. The van der Waals surface area contributed by atoms with E-state index in [1.54, 1.807) is 0 Å². The van der Waals surface area contributed by atoms with Crippen LogP contribution in [-0.4, -0.2) is 19.1 Å². The molecule has 0 aromatic heterocycles. The molecular formula is C14H29NO2. The zero-order valence-electron chi connectivity index (χ0n) is 11.7. The van der Waals surface area contributed by atoms with E-state index >= 15 is 0 Å². The third-order valence-corrected chi connectivity index (χ3v) is 2.85. The topological polar surface area (TPSA) is 52.3 Å². The van der Waals surface area contributed by atoms with E-state index in [0.29, 0.717) is 25.5 Å². The molecule has 0 fully saturated rings. The Morgan fingerprint density at radius 1 is 1.24 bits per heavy atom. The molecule has 0 amide bonds. The smallest absolute Gasteiger partial charge is 0.306 e. The summed E-state index contributed by atoms with van der Waals surface area (Å²) in [5.74, 6) is 0.775. The van der Waals surface area contributed by atoms with Crippen LogP contribution >= 0.6 is 0 Å². The number of ether oxygens (including phenoxy) is 1. The number of rotatable bonds is 10. The van der Waals surface area contributed by atoms with Gasteiger partial charge in [-0.1, -0.05) is 40.0 Å². The highest BCUT2D eigenvalue weighted by Gasteiger charge is 2.14. The lowest BCUT2D eigenvalue weighted by Gasteiger charge is -2.16. The number of carbonyl (C=O) groups is 1. The van der Waals surface area contributed by atoms with Gasteiger partial charge in [0, 0.05) is 6.42 Å². The second-order valence-corrected chi connectivity index (χ2v) is 5.22. The third kappa shape index (κ3) is 10.3. The fourth-order valence-corrected chi connectivity index (χ4v) is 1.94. The van der Waals surface area contributed by atoms with Crippen LogP contribution in [-0.2, 0) is 9.53 Å². The summed E-state index contributed by atoms with van der Waals surface area (Å²) in [6.45, 7) is 7.61. The molecule has 0 bridgehead atoms. The van der Waals surface area contributed by atoms with Gasteiger partial charge in [0.05, 0.1) is 6.61 Å². The Balaban J connectivity index is 3.61. The molecule has 1 atom stereocenters. The van der Waals surface area contributed by atoms with Gasteiger partial charge in [-0.15, -0.1) is 0 Å². The van der Waals surface area contributed by atoms with Crippen molar-refractivity contribution in [1.82, 2.24) is 0 Å².